The van der Waals surface area contributed by atoms with E-state index >= 15 is 0 Å². The Balaban J connectivity index is 2.16. The number of aryl methyl sites for hydroxylation is 1. The summed E-state index contributed by atoms with van der Waals surface area (Å²) in [7, 11) is 0. The van der Waals surface area contributed by atoms with Gasteiger partial charge in [0.25, 0.3) is 0 Å². The maximum Gasteiger partial charge on any atom is 0.330 e. The fourth-order valence-electron chi connectivity index (χ4n) is 2.10. The average Bonchev–Trinajstić information content (AvgIpc) is 3.02. The lowest BCUT2D eigenvalue weighted by molar-refractivity contribution is -0.139. The van der Waals surface area contributed by atoms with Crippen molar-refractivity contribution in [3.8, 4) is 0 Å². The van der Waals surface area contributed by atoms with Crippen LogP contribution in [0.2, 0.25) is 0 Å². The number of rotatable bonds is 6. The Bertz CT molecular complexity index is 735. The molecule has 0 N–H and O–H groups in total. The molecule has 0 aliphatic heterocycles. The summed E-state index contributed by atoms with van der Waals surface area (Å²) >= 11 is 1.34. The Morgan fingerprint density at radius 1 is 1.29 bits per heavy atom. The molecule has 0 saturated heterocycles. The lowest BCUT2D eigenvalue weighted by atomic mass is 10.1. The second-order valence-corrected chi connectivity index (χ2v) is 5.94. The first kappa shape index (κ1) is 17.9. The highest BCUT2D eigenvalue weighted by Gasteiger charge is 2.18. The van der Waals surface area contributed by atoms with Crippen molar-refractivity contribution in [3.05, 3.63) is 53.1 Å². The van der Waals surface area contributed by atoms with Crippen LogP contribution >= 0.6 is 11.3 Å². The molecule has 0 aliphatic rings. The lowest BCUT2D eigenvalue weighted by Gasteiger charge is -2.18. The predicted molar refractivity (Wildman–Crippen MR) is 95.4 cm³/mol. The minimum atomic E-state index is -0.411. The van der Waals surface area contributed by atoms with Crippen molar-refractivity contribution in [1.29, 1.82) is 0 Å². The topological polar surface area (TPSA) is 59.5 Å². The Kier molecular flexibility index (Phi) is 6.26. The number of anilines is 2. The first-order chi connectivity index (χ1) is 11.5. The van der Waals surface area contributed by atoms with Crippen LogP contribution in [0.15, 0.2) is 41.8 Å². The summed E-state index contributed by atoms with van der Waals surface area (Å²) in [5.41, 5.74) is 2.59. The molecule has 1 aromatic carbocycles. The number of esters is 1. The van der Waals surface area contributed by atoms with Crippen LogP contribution in [0.5, 0.6) is 0 Å². The molecule has 5 nitrogen and oxygen atoms in total. The van der Waals surface area contributed by atoms with E-state index in [9.17, 15) is 9.59 Å². The van der Waals surface area contributed by atoms with Gasteiger partial charge in [-0.1, -0.05) is 25.1 Å². The first-order valence-electron chi connectivity index (χ1n) is 7.68. The highest BCUT2D eigenvalue weighted by molar-refractivity contribution is 7.14. The number of benzene rings is 1. The molecule has 2 aromatic rings. The van der Waals surface area contributed by atoms with E-state index in [1.165, 1.54) is 29.9 Å². The number of hydrogen-bond acceptors (Lipinski definition) is 5. The summed E-state index contributed by atoms with van der Waals surface area (Å²) in [5, 5.41) is 2.35. The second kappa shape index (κ2) is 8.40. The smallest absolute Gasteiger partial charge is 0.330 e. The highest BCUT2D eigenvalue weighted by Crippen LogP contribution is 2.29. The number of thiazole rings is 1. The molecule has 126 valence electrons. The van der Waals surface area contributed by atoms with E-state index in [0.29, 0.717) is 10.8 Å². The Hall–Kier alpha value is -2.47. The van der Waals surface area contributed by atoms with Crippen LogP contribution in [-0.4, -0.2) is 16.9 Å². The monoisotopic (exact) mass is 344 g/mol. The Morgan fingerprint density at radius 2 is 2.00 bits per heavy atom. The minimum absolute atomic E-state index is 0.0835. The van der Waals surface area contributed by atoms with Crippen molar-refractivity contribution < 1.29 is 14.3 Å². The van der Waals surface area contributed by atoms with Gasteiger partial charge in [-0.25, -0.2) is 9.78 Å². The van der Waals surface area contributed by atoms with Crippen molar-refractivity contribution in [1.82, 2.24) is 4.98 Å². The van der Waals surface area contributed by atoms with Gasteiger partial charge in [-0.05, 0) is 31.0 Å². The van der Waals surface area contributed by atoms with Crippen molar-refractivity contribution in [3.63, 3.8) is 0 Å². The molecular formula is C18H20N2O3S. The van der Waals surface area contributed by atoms with Crippen LogP contribution in [-0.2, 0) is 27.4 Å². The van der Waals surface area contributed by atoms with Gasteiger partial charge in [-0.2, -0.15) is 0 Å². The van der Waals surface area contributed by atoms with Crippen LogP contribution in [0.4, 0.5) is 10.8 Å². The van der Waals surface area contributed by atoms with Gasteiger partial charge in [-0.15, -0.1) is 11.3 Å². The molecule has 2 rings (SSSR count). The third-order valence-electron chi connectivity index (χ3n) is 3.31. The molecule has 24 heavy (non-hydrogen) atoms. The van der Waals surface area contributed by atoms with Gasteiger partial charge in [0.15, 0.2) is 5.13 Å². The summed E-state index contributed by atoms with van der Waals surface area (Å²) in [5.74, 6) is -0.531. The third kappa shape index (κ3) is 4.52. The molecule has 0 atom stereocenters. The molecule has 0 bridgehead atoms. The molecule has 1 amide bonds. The van der Waals surface area contributed by atoms with Crippen LogP contribution in [0.1, 0.15) is 32.0 Å². The summed E-state index contributed by atoms with van der Waals surface area (Å²) in [6.07, 6.45) is 3.91. The van der Waals surface area contributed by atoms with Gasteiger partial charge in [0.2, 0.25) is 5.91 Å². The molecule has 0 fully saturated rings. The zero-order valence-corrected chi connectivity index (χ0v) is 14.8. The molecule has 0 unspecified atom stereocenters. The predicted octanol–water partition coefficient (Wildman–Crippen LogP) is 4.01. The molecule has 0 radical (unpaired) electrons. The number of allylic oxidation sites excluding steroid dienone is 1. The second-order valence-electron chi connectivity index (χ2n) is 5.10. The van der Waals surface area contributed by atoms with E-state index in [-0.39, 0.29) is 12.5 Å². The quantitative estimate of drug-likeness (QED) is 0.587. The van der Waals surface area contributed by atoms with Crippen LogP contribution < -0.4 is 4.90 Å². The van der Waals surface area contributed by atoms with Gasteiger partial charge in [0.05, 0.1) is 11.4 Å². The molecule has 1 heterocycles. The number of ether oxygens (including phenoxy) is 1. The van der Waals surface area contributed by atoms with Crippen LogP contribution in [0.25, 0.3) is 0 Å². The number of carbonyl (C=O) groups is 2. The van der Waals surface area contributed by atoms with Crippen molar-refractivity contribution in [2.24, 2.45) is 0 Å². The van der Waals surface area contributed by atoms with Gasteiger partial charge in [0, 0.05) is 18.4 Å². The van der Waals surface area contributed by atoms with Crippen LogP contribution in [0, 0.1) is 0 Å². The average molecular weight is 344 g/mol. The van der Waals surface area contributed by atoms with E-state index in [4.69, 9.17) is 4.74 Å². The number of nitrogens with zero attached hydrogens (tertiary/aromatic N) is 2. The fourth-order valence-corrected chi connectivity index (χ4v) is 2.97. The number of amides is 1. The van der Waals surface area contributed by atoms with E-state index in [2.05, 4.69) is 11.9 Å². The van der Waals surface area contributed by atoms with E-state index in [1.807, 2.05) is 24.3 Å². The van der Waals surface area contributed by atoms with E-state index in [1.54, 1.807) is 23.3 Å². The number of carbonyl (C=O) groups excluding carboxylic acids is 2. The van der Waals surface area contributed by atoms with E-state index in [0.717, 1.165) is 12.1 Å². The molecule has 0 spiro atoms. The van der Waals surface area contributed by atoms with Crippen LogP contribution in [0.3, 0.4) is 0 Å². The van der Waals surface area contributed by atoms with Gasteiger partial charge in [-0.3, -0.25) is 9.69 Å². The van der Waals surface area contributed by atoms with Gasteiger partial charge in [0.1, 0.15) is 6.61 Å². The lowest BCUT2D eigenvalue weighted by Crippen LogP contribution is -2.22. The van der Waals surface area contributed by atoms with Crippen molar-refractivity contribution in [2.75, 3.05) is 4.90 Å². The summed E-state index contributed by atoms with van der Waals surface area (Å²) in [6.45, 7) is 5.41. The first-order valence-corrected chi connectivity index (χ1v) is 8.56. The van der Waals surface area contributed by atoms with E-state index < -0.39 is 5.97 Å². The Labute approximate surface area is 145 Å². The maximum absolute atomic E-state index is 12.1. The maximum atomic E-state index is 12.1. The Morgan fingerprint density at radius 3 is 2.58 bits per heavy atom. The zero-order valence-electron chi connectivity index (χ0n) is 14.0. The van der Waals surface area contributed by atoms with Gasteiger partial charge < -0.3 is 4.74 Å². The van der Waals surface area contributed by atoms with Crippen molar-refractivity contribution in [2.45, 2.75) is 33.8 Å². The largest absolute Gasteiger partial charge is 0.456 e. The fraction of sp³-hybridized carbons (Fsp3) is 0.278. The van der Waals surface area contributed by atoms with Gasteiger partial charge >= 0.3 is 5.97 Å². The summed E-state index contributed by atoms with van der Waals surface area (Å²) < 4.78 is 5.07. The molecule has 0 aliphatic carbocycles. The highest BCUT2D eigenvalue weighted by atomic mass is 32.1. The van der Waals surface area contributed by atoms with Crippen molar-refractivity contribution >= 4 is 34.0 Å². The molecule has 0 saturated carbocycles. The molecule has 6 heteroatoms. The SMILES string of the molecule is C/C=C/C(=O)OCc1csc(N(C(C)=O)c2ccc(CC)cc2)n1. The number of aromatic nitrogens is 1. The number of hydrogen-bond donors (Lipinski definition) is 0. The normalized spacial score (nSPS) is 10.8. The standard InChI is InChI=1S/C18H20N2O3S/c1-4-6-17(22)23-11-15-12-24-18(19-15)20(13(3)21)16-9-7-14(5-2)8-10-16/h4,6-10,12H,5,11H2,1-3H3/b6-4+. The minimum Gasteiger partial charge on any atom is -0.456 e. The summed E-state index contributed by atoms with van der Waals surface area (Å²) in [4.78, 5) is 29.4. The third-order valence-corrected chi connectivity index (χ3v) is 4.19. The zero-order chi connectivity index (χ0) is 17.5. The molecule has 1 aromatic heterocycles. The molecular weight excluding hydrogens is 324 g/mol. The summed E-state index contributed by atoms with van der Waals surface area (Å²) in [6, 6.07) is 7.82.